The van der Waals surface area contributed by atoms with Crippen LogP contribution in [-0.4, -0.2) is 41.5 Å². The van der Waals surface area contributed by atoms with Crippen LogP contribution < -0.4 is 56.5 Å². The molecule has 0 saturated carbocycles. The van der Waals surface area contributed by atoms with E-state index in [0.717, 1.165) is 7.11 Å². The van der Waals surface area contributed by atoms with Crippen molar-refractivity contribution in [2.24, 2.45) is 0 Å². The Bertz CT molecular complexity index is 169. The molecule has 0 saturated heterocycles. The molecular weight excluding hydrogens is 195 g/mol. The van der Waals surface area contributed by atoms with E-state index in [9.17, 15) is 14.7 Å². The molecule has 0 bridgehead atoms. The van der Waals surface area contributed by atoms with Crippen molar-refractivity contribution in [3.63, 3.8) is 0 Å². The Labute approximate surface area is 111 Å². The van der Waals surface area contributed by atoms with E-state index in [0.29, 0.717) is 0 Å². The number of hydrogen-bond acceptors (Lipinski definition) is 6. The number of carbonyl (C=O) groups excluding carboxylic acids is 2. The Morgan fingerprint density at radius 2 is 1.75 bits per heavy atom. The van der Waals surface area contributed by atoms with Gasteiger partial charge in [0.2, 0.25) is 0 Å². The molecule has 0 aliphatic carbocycles. The van der Waals surface area contributed by atoms with Crippen molar-refractivity contribution in [1.29, 1.82) is 0 Å². The molecule has 6 nitrogen and oxygen atoms in total. The summed E-state index contributed by atoms with van der Waals surface area (Å²) in [4.78, 5) is 20.2. The van der Waals surface area contributed by atoms with E-state index >= 15 is 0 Å². The average molecular weight is 202 g/mol. The molecule has 2 unspecified atom stereocenters. The number of aliphatic hydroxyl groups excluding tert-OH is 2. The van der Waals surface area contributed by atoms with Crippen LogP contribution in [0.5, 0.6) is 0 Å². The second-order valence-electron chi connectivity index (χ2n) is 1.73. The fraction of sp³-hybridized carbons (Fsp3) is 0.600. The summed E-state index contributed by atoms with van der Waals surface area (Å²) in [6.07, 6.45) is -4.34. The first kappa shape index (κ1) is 15.0. The number of aliphatic hydroxyl groups is 2. The van der Waals surface area contributed by atoms with Crippen molar-refractivity contribution in [3.8, 4) is 0 Å². The zero-order valence-electron chi connectivity index (χ0n) is 6.68. The molecule has 0 heterocycles. The van der Waals surface area contributed by atoms with Gasteiger partial charge in [0.1, 0.15) is 6.10 Å². The summed E-state index contributed by atoms with van der Waals surface area (Å²) < 4.78 is 3.94. The third-order valence-electron chi connectivity index (χ3n) is 0.983. The average Bonchev–Trinajstić information content (AvgIpc) is 2.00. The zero-order valence-corrected chi connectivity index (χ0v) is 9.81. The molecule has 0 rings (SSSR count). The summed E-state index contributed by atoms with van der Waals surface area (Å²) in [5.41, 5.74) is 0. The summed E-state index contributed by atoms with van der Waals surface area (Å²) in [6.45, 7) is 0. The largest absolute Gasteiger partial charge is 1.00 e. The van der Waals surface area contributed by atoms with Gasteiger partial charge in [-0.25, -0.2) is 4.79 Å². The van der Waals surface area contributed by atoms with Crippen LogP contribution in [0.15, 0.2) is 0 Å². The molecule has 0 amide bonds. The molecule has 2 N–H and O–H groups in total. The first-order valence-corrected chi connectivity index (χ1v) is 2.65. The number of esters is 1. The molecule has 0 spiro atoms. The molecule has 0 aliphatic heterocycles. The third-order valence-corrected chi connectivity index (χ3v) is 0.983. The number of carboxylic acid groups (broad SMARTS) is 1. The molecular formula is C5H7KO6. The van der Waals surface area contributed by atoms with Crippen LogP contribution in [0.25, 0.3) is 0 Å². The fourth-order valence-electron chi connectivity index (χ4n) is 0.379. The minimum Gasteiger partial charge on any atom is -0.547 e. The van der Waals surface area contributed by atoms with Gasteiger partial charge in [0.05, 0.1) is 13.1 Å². The van der Waals surface area contributed by atoms with Crippen molar-refractivity contribution in [3.05, 3.63) is 0 Å². The van der Waals surface area contributed by atoms with Crippen LogP contribution >= 0.6 is 0 Å². The SMILES string of the molecule is COC(=O)C(O)C(O)C(=O)[O-].[K+]. The minimum atomic E-state index is -2.25. The van der Waals surface area contributed by atoms with Gasteiger partial charge in [-0.05, 0) is 0 Å². The first-order chi connectivity index (χ1) is 5.00. The molecule has 0 aliphatic rings. The Morgan fingerprint density at radius 3 is 2.00 bits per heavy atom. The van der Waals surface area contributed by atoms with Gasteiger partial charge in [0.25, 0.3) is 0 Å². The van der Waals surface area contributed by atoms with Gasteiger partial charge >= 0.3 is 57.4 Å². The van der Waals surface area contributed by atoms with E-state index in [1.54, 1.807) is 0 Å². The Morgan fingerprint density at radius 1 is 1.33 bits per heavy atom. The number of aliphatic carboxylic acids is 1. The van der Waals surface area contributed by atoms with Crippen molar-refractivity contribution in [2.75, 3.05) is 7.11 Å². The summed E-state index contributed by atoms with van der Waals surface area (Å²) in [5.74, 6) is -3.15. The van der Waals surface area contributed by atoms with E-state index in [1.807, 2.05) is 0 Å². The molecule has 0 aromatic carbocycles. The van der Waals surface area contributed by atoms with Gasteiger partial charge in [-0.1, -0.05) is 0 Å². The number of carbonyl (C=O) groups is 2. The predicted molar refractivity (Wildman–Crippen MR) is 29.0 cm³/mol. The monoisotopic (exact) mass is 202 g/mol. The first-order valence-electron chi connectivity index (χ1n) is 2.65. The zero-order chi connectivity index (χ0) is 9.02. The van der Waals surface area contributed by atoms with Gasteiger partial charge in [0.15, 0.2) is 6.10 Å². The summed E-state index contributed by atoms with van der Waals surface area (Å²) >= 11 is 0. The van der Waals surface area contributed by atoms with Crippen LogP contribution in [0.3, 0.4) is 0 Å². The van der Waals surface area contributed by atoms with Gasteiger partial charge in [-0.3, -0.25) is 0 Å². The Hall–Kier alpha value is 0.496. The quantitative estimate of drug-likeness (QED) is 0.348. The van der Waals surface area contributed by atoms with Crippen molar-refractivity contribution in [1.82, 2.24) is 0 Å². The molecule has 0 aromatic heterocycles. The Balaban J connectivity index is 0. The predicted octanol–water partition coefficient (Wildman–Crippen LogP) is -6.36. The topological polar surface area (TPSA) is 107 Å². The molecule has 0 fully saturated rings. The van der Waals surface area contributed by atoms with E-state index in [1.165, 1.54) is 0 Å². The number of carboxylic acids is 1. The van der Waals surface area contributed by atoms with Gasteiger partial charge in [-0.2, -0.15) is 0 Å². The molecule has 0 aromatic rings. The van der Waals surface area contributed by atoms with Crippen molar-refractivity contribution < 1.29 is 81.0 Å². The van der Waals surface area contributed by atoms with Gasteiger partial charge < -0.3 is 24.9 Å². The summed E-state index contributed by atoms with van der Waals surface area (Å²) in [7, 11) is 0.952. The van der Waals surface area contributed by atoms with E-state index in [4.69, 9.17) is 10.2 Å². The number of hydrogen-bond donors (Lipinski definition) is 2. The van der Waals surface area contributed by atoms with Crippen LogP contribution in [0.1, 0.15) is 0 Å². The normalized spacial score (nSPS) is 13.9. The van der Waals surface area contributed by atoms with Crippen LogP contribution in [0, 0.1) is 0 Å². The van der Waals surface area contributed by atoms with Crippen LogP contribution in [0.4, 0.5) is 0 Å². The smallest absolute Gasteiger partial charge is 0.547 e. The number of methoxy groups -OCH3 is 1. The second kappa shape index (κ2) is 6.95. The summed E-state index contributed by atoms with van der Waals surface area (Å²) in [5, 5.41) is 26.9. The van der Waals surface area contributed by atoms with Crippen LogP contribution in [-0.2, 0) is 14.3 Å². The maximum absolute atomic E-state index is 10.3. The molecule has 0 radical (unpaired) electrons. The third kappa shape index (κ3) is 4.50. The van der Waals surface area contributed by atoms with Crippen LogP contribution in [0.2, 0.25) is 0 Å². The minimum absolute atomic E-state index is 0. The number of rotatable bonds is 3. The van der Waals surface area contributed by atoms with Crippen molar-refractivity contribution >= 4 is 11.9 Å². The summed E-state index contributed by atoms with van der Waals surface area (Å²) in [6, 6.07) is 0. The second-order valence-corrected chi connectivity index (χ2v) is 1.73. The molecule has 12 heavy (non-hydrogen) atoms. The fourth-order valence-corrected chi connectivity index (χ4v) is 0.379. The van der Waals surface area contributed by atoms with Gasteiger partial charge in [0, 0.05) is 0 Å². The molecule has 2 atom stereocenters. The van der Waals surface area contributed by atoms with E-state index in [2.05, 4.69) is 4.74 Å². The standard InChI is InChI=1S/C5H8O6.K/c1-11-5(10)3(7)2(6)4(8)9;/h2-3,6-7H,1H3,(H,8,9);/q;+1/p-1. The van der Waals surface area contributed by atoms with Gasteiger partial charge in [-0.15, -0.1) is 0 Å². The van der Waals surface area contributed by atoms with E-state index < -0.39 is 24.1 Å². The maximum atomic E-state index is 10.3. The molecule has 64 valence electrons. The number of ether oxygens (including phenoxy) is 1. The van der Waals surface area contributed by atoms with Crippen molar-refractivity contribution in [2.45, 2.75) is 12.2 Å². The molecule has 7 heteroatoms. The Kier molecular flexibility index (Phi) is 8.69. The van der Waals surface area contributed by atoms with E-state index in [-0.39, 0.29) is 51.4 Å². The maximum Gasteiger partial charge on any atom is 1.00 e.